The fourth-order valence-electron chi connectivity index (χ4n) is 1.70. The van der Waals surface area contributed by atoms with Gasteiger partial charge in [0.25, 0.3) is 0 Å². The maximum absolute atomic E-state index is 11.2. The lowest BCUT2D eigenvalue weighted by Gasteiger charge is -2.01. The number of allylic oxidation sites excluding steroid dienone is 1. The second kappa shape index (κ2) is 4.75. The number of carbonyl (C=O) groups excluding carboxylic acids is 1. The van der Waals surface area contributed by atoms with Gasteiger partial charge in [-0.25, -0.2) is 0 Å². The van der Waals surface area contributed by atoms with E-state index in [1.807, 2.05) is 37.3 Å². The first-order chi connectivity index (χ1) is 7.81. The Labute approximate surface area is 95.4 Å². The van der Waals surface area contributed by atoms with Gasteiger partial charge in [0, 0.05) is 6.42 Å². The lowest BCUT2D eigenvalue weighted by molar-refractivity contribution is -0.114. The molecule has 0 saturated heterocycles. The summed E-state index contributed by atoms with van der Waals surface area (Å²) in [6.07, 6.45) is 4.11. The summed E-state index contributed by atoms with van der Waals surface area (Å²) < 4.78 is 0. The predicted octanol–water partition coefficient (Wildman–Crippen LogP) is 3.83. The van der Waals surface area contributed by atoms with Gasteiger partial charge >= 0.3 is 0 Å². The van der Waals surface area contributed by atoms with Crippen LogP contribution in [0.1, 0.15) is 18.9 Å². The first kappa shape index (κ1) is 10.6. The average molecular weight is 210 g/mol. The van der Waals surface area contributed by atoms with Crippen LogP contribution in [0.5, 0.6) is 0 Å². The van der Waals surface area contributed by atoms with Gasteiger partial charge in [0.1, 0.15) is 0 Å². The molecule has 0 N–H and O–H groups in total. The largest absolute Gasteiger partial charge is 0.295 e. The van der Waals surface area contributed by atoms with Crippen molar-refractivity contribution in [1.29, 1.82) is 0 Å². The summed E-state index contributed by atoms with van der Waals surface area (Å²) in [6.45, 7) is 1.87. The van der Waals surface area contributed by atoms with Crippen molar-refractivity contribution < 1.29 is 4.79 Å². The highest BCUT2D eigenvalue weighted by Crippen LogP contribution is 2.19. The van der Waals surface area contributed by atoms with E-state index in [4.69, 9.17) is 0 Å². The third-order valence-corrected chi connectivity index (χ3v) is 2.62. The SMILES string of the molecule is CCC(=O)/C=C/c1cccc2ccccc12. The fourth-order valence-corrected chi connectivity index (χ4v) is 1.70. The van der Waals surface area contributed by atoms with Crippen LogP contribution in [0.2, 0.25) is 0 Å². The standard InChI is InChI=1S/C15H14O/c1-2-14(16)11-10-13-8-5-7-12-6-3-4-9-15(12)13/h3-11H,2H2,1H3/b11-10+. The van der Waals surface area contributed by atoms with Gasteiger partial charge in [0.15, 0.2) is 5.78 Å². The van der Waals surface area contributed by atoms with Crippen molar-refractivity contribution in [2.75, 3.05) is 0 Å². The van der Waals surface area contributed by atoms with Crippen molar-refractivity contribution in [2.24, 2.45) is 0 Å². The molecule has 0 fully saturated rings. The van der Waals surface area contributed by atoms with Crippen molar-refractivity contribution in [3.63, 3.8) is 0 Å². The Kier molecular flexibility index (Phi) is 3.16. The van der Waals surface area contributed by atoms with Crippen molar-refractivity contribution in [3.05, 3.63) is 54.1 Å². The van der Waals surface area contributed by atoms with Crippen LogP contribution in [0.3, 0.4) is 0 Å². The van der Waals surface area contributed by atoms with E-state index in [2.05, 4.69) is 18.2 Å². The monoisotopic (exact) mass is 210 g/mol. The third kappa shape index (κ3) is 2.19. The Balaban J connectivity index is 2.45. The summed E-state index contributed by atoms with van der Waals surface area (Å²) in [7, 11) is 0. The Hall–Kier alpha value is -1.89. The molecule has 0 bridgehead atoms. The van der Waals surface area contributed by atoms with Gasteiger partial charge in [-0.05, 0) is 22.4 Å². The molecule has 0 atom stereocenters. The highest BCUT2D eigenvalue weighted by Gasteiger charge is 1.97. The van der Waals surface area contributed by atoms with Gasteiger partial charge in [-0.1, -0.05) is 55.5 Å². The molecule has 0 heterocycles. The zero-order chi connectivity index (χ0) is 11.4. The molecule has 80 valence electrons. The van der Waals surface area contributed by atoms with Gasteiger partial charge in [0.05, 0.1) is 0 Å². The van der Waals surface area contributed by atoms with Crippen LogP contribution < -0.4 is 0 Å². The highest BCUT2D eigenvalue weighted by molar-refractivity contribution is 5.97. The van der Waals surface area contributed by atoms with Crippen LogP contribution in [-0.2, 0) is 4.79 Å². The van der Waals surface area contributed by atoms with Crippen LogP contribution in [0.15, 0.2) is 48.5 Å². The van der Waals surface area contributed by atoms with Crippen LogP contribution in [0.25, 0.3) is 16.8 Å². The topological polar surface area (TPSA) is 17.1 Å². The van der Waals surface area contributed by atoms with E-state index in [0.717, 1.165) is 5.56 Å². The Bertz CT molecular complexity index is 533. The van der Waals surface area contributed by atoms with E-state index in [1.165, 1.54) is 10.8 Å². The quantitative estimate of drug-likeness (QED) is 0.703. The van der Waals surface area contributed by atoms with Crippen molar-refractivity contribution in [3.8, 4) is 0 Å². The summed E-state index contributed by atoms with van der Waals surface area (Å²) >= 11 is 0. The van der Waals surface area contributed by atoms with Crippen LogP contribution in [0, 0.1) is 0 Å². The van der Waals surface area contributed by atoms with Crippen molar-refractivity contribution >= 4 is 22.6 Å². The van der Waals surface area contributed by atoms with E-state index >= 15 is 0 Å². The number of rotatable bonds is 3. The highest BCUT2D eigenvalue weighted by atomic mass is 16.1. The van der Waals surface area contributed by atoms with E-state index in [9.17, 15) is 4.79 Å². The molecule has 2 aromatic carbocycles. The van der Waals surface area contributed by atoms with Gasteiger partial charge in [-0.2, -0.15) is 0 Å². The number of hydrogen-bond donors (Lipinski definition) is 0. The number of benzene rings is 2. The second-order valence-corrected chi connectivity index (χ2v) is 3.72. The first-order valence-electron chi connectivity index (χ1n) is 5.50. The molecular formula is C15H14O. The molecule has 0 radical (unpaired) electrons. The van der Waals surface area contributed by atoms with Crippen LogP contribution in [0.4, 0.5) is 0 Å². The Morgan fingerprint density at radius 2 is 1.88 bits per heavy atom. The Morgan fingerprint density at radius 1 is 1.12 bits per heavy atom. The summed E-state index contributed by atoms with van der Waals surface area (Å²) in [5, 5.41) is 2.39. The molecule has 2 aromatic rings. The zero-order valence-corrected chi connectivity index (χ0v) is 9.31. The van der Waals surface area contributed by atoms with E-state index in [1.54, 1.807) is 6.08 Å². The minimum Gasteiger partial charge on any atom is -0.295 e. The molecule has 0 aromatic heterocycles. The molecular weight excluding hydrogens is 196 g/mol. The minimum absolute atomic E-state index is 0.160. The van der Waals surface area contributed by atoms with Crippen molar-refractivity contribution in [2.45, 2.75) is 13.3 Å². The lowest BCUT2D eigenvalue weighted by Crippen LogP contribution is -1.87. The maximum atomic E-state index is 11.2. The number of hydrogen-bond acceptors (Lipinski definition) is 1. The summed E-state index contributed by atoms with van der Waals surface area (Å²) in [5.74, 6) is 0.160. The molecule has 1 nitrogen and oxygen atoms in total. The summed E-state index contributed by atoms with van der Waals surface area (Å²) in [4.78, 5) is 11.2. The summed E-state index contributed by atoms with van der Waals surface area (Å²) in [6, 6.07) is 14.3. The molecule has 16 heavy (non-hydrogen) atoms. The molecule has 0 aliphatic heterocycles. The smallest absolute Gasteiger partial charge is 0.155 e. The van der Waals surface area contributed by atoms with Crippen molar-refractivity contribution in [1.82, 2.24) is 0 Å². The normalized spacial score (nSPS) is 11.1. The Morgan fingerprint density at radius 3 is 2.69 bits per heavy atom. The number of carbonyl (C=O) groups is 1. The van der Waals surface area contributed by atoms with E-state index < -0.39 is 0 Å². The number of fused-ring (bicyclic) bond motifs is 1. The fraction of sp³-hybridized carbons (Fsp3) is 0.133. The molecule has 0 aliphatic rings. The maximum Gasteiger partial charge on any atom is 0.155 e. The second-order valence-electron chi connectivity index (χ2n) is 3.72. The first-order valence-corrected chi connectivity index (χ1v) is 5.50. The third-order valence-electron chi connectivity index (χ3n) is 2.62. The van der Waals surface area contributed by atoms with Gasteiger partial charge in [-0.3, -0.25) is 4.79 Å². The number of ketones is 1. The van der Waals surface area contributed by atoms with E-state index in [0.29, 0.717) is 6.42 Å². The van der Waals surface area contributed by atoms with Crippen LogP contribution >= 0.6 is 0 Å². The van der Waals surface area contributed by atoms with Crippen LogP contribution in [-0.4, -0.2) is 5.78 Å². The zero-order valence-electron chi connectivity index (χ0n) is 9.31. The molecule has 2 rings (SSSR count). The lowest BCUT2D eigenvalue weighted by atomic mass is 10.0. The molecule has 0 amide bonds. The average Bonchev–Trinajstić information content (AvgIpc) is 2.35. The molecule has 0 unspecified atom stereocenters. The molecule has 1 heteroatoms. The van der Waals surface area contributed by atoms with E-state index in [-0.39, 0.29) is 5.78 Å². The molecule has 0 spiro atoms. The van der Waals surface area contributed by atoms with Gasteiger partial charge < -0.3 is 0 Å². The predicted molar refractivity (Wildman–Crippen MR) is 68.3 cm³/mol. The summed E-state index contributed by atoms with van der Waals surface area (Å²) in [5.41, 5.74) is 1.10. The van der Waals surface area contributed by atoms with Gasteiger partial charge in [0.2, 0.25) is 0 Å². The minimum atomic E-state index is 0.160. The van der Waals surface area contributed by atoms with Gasteiger partial charge in [-0.15, -0.1) is 0 Å². The molecule has 0 aliphatic carbocycles. The molecule has 0 saturated carbocycles.